The standard InChI is InChI=1S/C36H24N6.C24H14N4O2/c1-3-13-25(14-4-1)41-31-21-9-7-19-29(31)39-35(41)27-17-11-23-37-33(27)34-28(18-12-24-38-34)36-40-30-20-8-10-22-32(30)42(36)26-15-5-2-6-16-26;1-3-11-19-17(9-1)27-23(29-19)15-7-5-13-25-21(15)22-16(8-6-14-26-22)24-28-18-10-2-4-12-20(18)30-24/h1-24H;1-14H. The van der Waals surface area contributed by atoms with Crippen LogP contribution in [0.2, 0.25) is 0 Å². The summed E-state index contributed by atoms with van der Waals surface area (Å²) in [6.07, 6.45) is 7.08. The third-order valence-electron chi connectivity index (χ3n) is 12.4. The van der Waals surface area contributed by atoms with Crippen LogP contribution in [0.25, 0.3) is 124 Å². The predicted molar refractivity (Wildman–Crippen MR) is 281 cm³/mol. The van der Waals surface area contributed by atoms with Gasteiger partial charge < -0.3 is 8.83 Å². The molecule has 12 heteroatoms. The number of aromatic nitrogens is 10. The van der Waals surface area contributed by atoms with Crippen molar-refractivity contribution < 1.29 is 8.83 Å². The van der Waals surface area contributed by atoms with Crippen LogP contribution in [0.1, 0.15) is 0 Å². The average Bonchev–Trinajstić information content (AvgIpc) is 4.27. The molecule has 14 rings (SSSR count). The third-order valence-corrected chi connectivity index (χ3v) is 12.4. The SMILES string of the molecule is c1ccc(-n2c(-c3cccnc3-c3ncccc3-c3nc4ccccc4n3-c3ccccc3)nc3ccccc32)cc1.c1cnc(-c2ncccc2-c2nc3ccccc3o2)c(-c2nc3ccccc3o2)c1. The van der Waals surface area contributed by atoms with Gasteiger partial charge in [0.25, 0.3) is 0 Å². The van der Waals surface area contributed by atoms with Gasteiger partial charge in [-0.1, -0.05) is 84.9 Å². The molecule has 8 heterocycles. The van der Waals surface area contributed by atoms with Crippen molar-refractivity contribution in [2.75, 3.05) is 0 Å². The summed E-state index contributed by atoms with van der Waals surface area (Å²) in [5.41, 5.74) is 15.1. The number of fused-ring (bicyclic) bond motifs is 4. The molecule has 0 saturated carbocycles. The lowest BCUT2D eigenvalue weighted by molar-refractivity contribution is 0.618. The van der Waals surface area contributed by atoms with Crippen LogP contribution in [0.5, 0.6) is 0 Å². The van der Waals surface area contributed by atoms with Crippen LogP contribution in [0, 0.1) is 0 Å². The number of nitrogens with zero attached hydrogens (tertiary/aromatic N) is 10. The quantitative estimate of drug-likeness (QED) is 0.145. The van der Waals surface area contributed by atoms with Gasteiger partial charge in [0.1, 0.15) is 45.5 Å². The normalized spacial score (nSPS) is 11.3. The first-order valence-electron chi connectivity index (χ1n) is 23.3. The molecule has 6 aromatic carbocycles. The maximum atomic E-state index is 5.99. The lowest BCUT2D eigenvalue weighted by Crippen LogP contribution is -2.03. The molecule has 0 bridgehead atoms. The van der Waals surface area contributed by atoms with E-state index in [1.165, 1.54) is 0 Å². The molecule has 72 heavy (non-hydrogen) atoms. The summed E-state index contributed by atoms with van der Waals surface area (Å²) in [5.74, 6) is 2.60. The van der Waals surface area contributed by atoms with E-state index in [1.54, 1.807) is 12.4 Å². The van der Waals surface area contributed by atoms with E-state index in [4.69, 9.17) is 28.8 Å². The number of benzene rings is 6. The van der Waals surface area contributed by atoms with Crippen molar-refractivity contribution in [3.8, 4) is 79.8 Å². The van der Waals surface area contributed by atoms with Gasteiger partial charge in [-0.3, -0.25) is 29.1 Å². The van der Waals surface area contributed by atoms with E-state index in [0.29, 0.717) is 23.2 Å². The Bertz CT molecular complexity index is 3910. The fraction of sp³-hybridized carbons (Fsp3) is 0. The highest BCUT2D eigenvalue weighted by Gasteiger charge is 2.25. The molecule has 0 saturated heterocycles. The molecule has 0 aliphatic rings. The Kier molecular flexibility index (Phi) is 10.5. The van der Waals surface area contributed by atoms with Crippen molar-refractivity contribution in [2.45, 2.75) is 0 Å². The summed E-state index contributed by atoms with van der Waals surface area (Å²) >= 11 is 0. The van der Waals surface area contributed by atoms with Gasteiger partial charge in [0.15, 0.2) is 11.2 Å². The Labute approximate surface area is 411 Å². The van der Waals surface area contributed by atoms with Gasteiger partial charge in [-0.25, -0.2) is 19.9 Å². The van der Waals surface area contributed by atoms with Crippen molar-refractivity contribution >= 4 is 44.3 Å². The molecular formula is C60H38N10O2. The van der Waals surface area contributed by atoms with Crippen LogP contribution < -0.4 is 0 Å². The second-order valence-corrected chi connectivity index (χ2v) is 16.8. The van der Waals surface area contributed by atoms with Crippen LogP contribution in [0.15, 0.2) is 240 Å². The number of para-hydroxylation sites is 10. The molecule has 8 aromatic heterocycles. The molecule has 14 aromatic rings. The molecule has 0 aliphatic heterocycles. The Morgan fingerprint density at radius 1 is 0.278 bits per heavy atom. The van der Waals surface area contributed by atoms with Crippen molar-refractivity contribution in [2.24, 2.45) is 0 Å². The minimum atomic E-state index is 0.494. The van der Waals surface area contributed by atoms with Gasteiger partial charge in [-0.2, -0.15) is 0 Å². The van der Waals surface area contributed by atoms with Crippen LogP contribution >= 0.6 is 0 Å². The second kappa shape index (κ2) is 18.0. The molecule has 340 valence electrons. The first-order valence-corrected chi connectivity index (χ1v) is 23.3. The number of imidazole rings is 2. The molecule has 0 N–H and O–H groups in total. The van der Waals surface area contributed by atoms with Crippen LogP contribution in [0.3, 0.4) is 0 Å². The highest BCUT2D eigenvalue weighted by Crippen LogP contribution is 2.40. The van der Waals surface area contributed by atoms with Crippen LogP contribution in [0.4, 0.5) is 0 Å². The zero-order chi connectivity index (χ0) is 47.8. The molecule has 12 nitrogen and oxygen atoms in total. The summed E-state index contributed by atoms with van der Waals surface area (Å²) in [5, 5.41) is 0. The van der Waals surface area contributed by atoms with E-state index >= 15 is 0 Å². The topological polar surface area (TPSA) is 139 Å². The lowest BCUT2D eigenvalue weighted by atomic mass is 10.0. The van der Waals surface area contributed by atoms with Crippen molar-refractivity contribution in [1.29, 1.82) is 0 Å². The predicted octanol–water partition coefficient (Wildman–Crippen LogP) is 13.9. The molecular weight excluding hydrogens is 893 g/mol. The molecule has 0 fully saturated rings. The summed E-state index contributed by atoms with van der Waals surface area (Å²) in [4.78, 5) is 38.6. The number of rotatable bonds is 8. The van der Waals surface area contributed by atoms with E-state index in [0.717, 1.165) is 101 Å². The highest BCUT2D eigenvalue weighted by atomic mass is 16.4. The van der Waals surface area contributed by atoms with E-state index in [9.17, 15) is 0 Å². The molecule has 0 aliphatic carbocycles. The Morgan fingerprint density at radius 2 is 0.611 bits per heavy atom. The summed E-state index contributed by atoms with van der Waals surface area (Å²) in [7, 11) is 0. The molecule has 0 atom stereocenters. The molecule has 0 spiro atoms. The fourth-order valence-corrected chi connectivity index (χ4v) is 9.15. The van der Waals surface area contributed by atoms with Crippen molar-refractivity contribution in [3.05, 3.63) is 231 Å². The smallest absolute Gasteiger partial charge is 0.229 e. The van der Waals surface area contributed by atoms with Gasteiger partial charge in [0.05, 0.1) is 33.2 Å². The first-order chi connectivity index (χ1) is 35.7. The second-order valence-electron chi connectivity index (χ2n) is 16.8. The molecule has 0 radical (unpaired) electrons. The number of hydrogen-bond donors (Lipinski definition) is 0. The van der Waals surface area contributed by atoms with Gasteiger partial charge in [0, 0.05) is 47.3 Å². The van der Waals surface area contributed by atoms with Crippen LogP contribution in [-0.2, 0) is 0 Å². The maximum Gasteiger partial charge on any atom is 0.229 e. The molecule has 0 amide bonds. The number of oxazole rings is 2. The van der Waals surface area contributed by atoms with Crippen molar-refractivity contribution in [1.82, 2.24) is 49.0 Å². The van der Waals surface area contributed by atoms with E-state index in [2.05, 4.69) is 77.6 Å². The third kappa shape index (κ3) is 7.52. The zero-order valence-electron chi connectivity index (χ0n) is 38.2. The summed E-state index contributed by atoms with van der Waals surface area (Å²) in [6, 6.07) is 68.0. The van der Waals surface area contributed by atoms with Gasteiger partial charge in [-0.05, 0) is 121 Å². The Morgan fingerprint density at radius 3 is 1.01 bits per heavy atom. The lowest BCUT2D eigenvalue weighted by Gasteiger charge is -2.15. The summed E-state index contributed by atoms with van der Waals surface area (Å²) in [6.45, 7) is 0. The van der Waals surface area contributed by atoms with E-state index in [1.807, 2.05) is 170 Å². The van der Waals surface area contributed by atoms with Gasteiger partial charge in [0.2, 0.25) is 11.8 Å². The first kappa shape index (κ1) is 41.9. The minimum Gasteiger partial charge on any atom is -0.436 e. The largest absolute Gasteiger partial charge is 0.436 e. The van der Waals surface area contributed by atoms with E-state index in [-0.39, 0.29) is 0 Å². The van der Waals surface area contributed by atoms with Crippen LogP contribution in [-0.4, -0.2) is 49.0 Å². The van der Waals surface area contributed by atoms with Crippen molar-refractivity contribution in [3.63, 3.8) is 0 Å². The summed E-state index contributed by atoms with van der Waals surface area (Å²) < 4.78 is 16.4. The minimum absolute atomic E-state index is 0.494. The highest BCUT2D eigenvalue weighted by molar-refractivity contribution is 5.92. The fourth-order valence-electron chi connectivity index (χ4n) is 9.15. The van der Waals surface area contributed by atoms with Gasteiger partial charge >= 0.3 is 0 Å². The maximum absolute atomic E-state index is 5.99. The molecule has 0 unspecified atom stereocenters. The number of hydrogen-bond acceptors (Lipinski definition) is 10. The zero-order valence-corrected chi connectivity index (χ0v) is 38.2. The monoisotopic (exact) mass is 930 g/mol. The Balaban J connectivity index is 0.000000148. The average molecular weight is 931 g/mol. The Hall–Kier alpha value is -10.2. The number of pyridine rings is 4. The van der Waals surface area contributed by atoms with Gasteiger partial charge in [-0.15, -0.1) is 0 Å². The van der Waals surface area contributed by atoms with E-state index < -0.39 is 0 Å².